The van der Waals surface area contributed by atoms with Crippen LogP contribution in [0.2, 0.25) is 0 Å². The molecule has 0 amide bonds. The number of aliphatic hydroxyl groups excluding tert-OH is 15. The van der Waals surface area contributed by atoms with E-state index >= 15 is 0 Å². The summed E-state index contributed by atoms with van der Waals surface area (Å²) in [5.41, 5.74) is -2.32. The molecule has 0 aromatic carbocycles. The molecule has 4 aliphatic heterocycles. The summed E-state index contributed by atoms with van der Waals surface area (Å²) in [4.78, 5) is 0. The molecule has 446 valence electrons. The van der Waals surface area contributed by atoms with Gasteiger partial charge in [-0.2, -0.15) is 0 Å². The lowest BCUT2D eigenvalue weighted by molar-refractivity contribution is -0.381. The Bertz CT molecular complexity index is 2010. The molecule has 23 nitrogen and oxygen atoms in total. The molecular weight excluding hydrogens is 1020 g/mol. The number of hydrogen-bond acceptors (Lipinski definition) is 23. The molecule has 0 bridgehead atoms. The molecule has 2 unspecified atom stereocenters. The largest absolute Gasteiger partial charge is 0.394 e. The van der Waals surface area contributed by atoms with E-state index in [-0.39, 0.29) is 30.1 Å². The minimum atomic E-state index is -1.77. The number of fused-ring (bicyclic) bond motifs is 5. The lowest BCUT2D eigenvalue weighted by atomic mass is 9.35. The van der Waals surface area contributed by atoms with Crippen LogP contribution in [0.15, 0.2) is 11.6 Å². The third-order valence-electron chi connectivity index (χ3n) is 20.8. The van der Waals surface area contributed by atoms with E-state index in [1.165, 1.54) is 6.92 Å². The Morgan fingerprint density at radius 2 is 1.13 bits per heavy atom. The maximum Gasteiger partial charge on any atom is 0.187 e. The topological polar surface area (TPSA) is 377 Å². The van der Waals surface area contributed by atoms with Crippen molar-refractivity contribution >= 4 is 0 Å². The molecule has 8 rings (SSSR count). The highest BCUT2D eigenvalue weighted by atomic mass is 16.8. The second-order valence-electron chi connectivity index (χ2n) is 25.9. The van der Waals surface area contributed by atoms with E-state index in [2.05, 4.69) is 26.8 Å². The first kappa shape index (κ1) is 61.9. The van der Waals surface area contributed by atoms with E-state index in [1.807, 2.05) is 34.6 Å². The maximum atomic E-state index is 12.8. The van der Waals surface area contributed by atoms with Gasteiger partial charge in [0.1, 0.15) is 91.6 Å². The highest BCUT2D eigenvalue weighted by Gasteiger charge is 2.73. The Balaban J connectivity index is 1.02. The molecule has 8 aliphatic rings. The first-order valence-corrected chi connectivity index (χ1v) is 27.8. The predicted octanol–water partition coefficient (Wildman–Crippen LogP) is -2.20. The summed E-state index contributed by atoms with van der Waals surface area (Å²) in [6, 6.07) is 0. The van der Waals surface area contributed by atoms with Crippen molar-refractivity contribution in [2.75, 3.05) is 19.8 Å². The van der Waals surface area contributed by atoms with Gasteiger partial charge >= 0.3 is 0 Å². The Kier molecular flexibility index (Phi) is 18.6. The molecule has 0 radical (unpaired) electrons. The Labute approximate surface area is 450 Å². The normalized spacial score (nSPS) is 53.6. The summed E-state index contributed by atoms with van der Waals surface area (Å²) in [5.74, 6) is -0.876. The van der Waals surface area contributed by atoms with E-state index < -0.39 is 188 Å². The summed E-state index contributed by atoms with van der Waals surface area (Å²) < 4.78 is 48.8. The monoisotopic (exact) mass is 1110 g/mol. The molecule has 4 heterocycles. The second-order valence-corrected chi connectivity index (χ2v) is 25.9. The minimum Gasteiger partial charge on any atom is -0.394 e. The van der Waals surface area contributed by atoms with Gasteiger partial charge in [-0.15, -0.1) is 0 Å². The van der Waals surface area contributed by atoms with Crippen LogP contribution in [0.5, 0.6) is 0 Å². The van der Waals surface area contributed by atoms with Crippen LogP contribution in [0.3, 0.4) is 0 Å². The van der Waals surface area contributed by atoms with Gasteiger partial charge in [-0.05, 0) is 124 Å². The zero-order valence-electron chi connectivity index (χ0n) is 45.9. The highest BCUT2D eigenvalue weighted by molar-refractivity contribution is 5.21. The van der Waals surface area contributed by atoms with Crippen LogP contribution in [0.1, 0.15) is 114 Å². The molecule has 0 aromatic heterocycles. The molecule has 4 aliphatic carbocycles. The summed E-state index contributed by atoms with van der Waals surface area (Å²) in [6.45, 7) is 16.2. The lowest BCUT2D eigenvalue weighted by Gasteiger charge is -2.71. The SMILES string of the molecule is CC(C)=CCC[C@](C)(O[C@@H]1O[C@H](CO[C@@H]2O[C@H](CO)[C@@H](O)[C@H](O)[C@H]2O)[C@@H](O)[C@H](O)[C@H]1O)[C@H]1CC[C@]2(C)[C@@H]1[C@H](O)CC1[C@@]3(C)C[C@@H](O)[C@H](O[C@@H]4O[C@H](CO)[C@@H](O)[C@H](O)[C@H]4O[C@@H]4O[C@@H](C)[C@H](O)[C@@H](O)[C@H]4O)C(C)(C)C3CC[C@]12C. The number of rotatable bonds is 15. The van der Waals surface area contributed by atoms with Crippen LogP contribution >= 0.6 is 0 Å². The quantitative estimate of drug-likeness (QED) is 0.0611. The maximum absolute atomic E-state index is 12.8. The fourth-order valence-electron chi connectivity index (χ4n) is 16.4. The van der Waals surface area contributed by atoms with Crippen LogP contribution < -0.4 is 0 Å². The summed E-state index contributed by atoms with van der Waals surface area (Å²) in [7, 11) is 0. The highest BCUT2D eigenvalue weighted by Crippen LogP contribution is 2.76. The van der Waals surface area contributed by atoms with Crippen molar-refractivity contribution < 1.29 is 114 Å². The van der Waals surface area contributed by atoms with Crippen molar-refractivity contribution in [2.45, 2.75) is 260 Å². The summed E-state index contributed by atoms with van der Waals surface area (Å²) in [5, 5.41) is 164. The van der Waals surface area contributed by atoms with Crippen LogP contribution in [0.4, 0.5) is 0 Å². The minimum absolute atomic E-state index is 0.110. The van der Waals surface area contributed by atoms with Gasteiger partial charge in [-0.3, -0.25) is 0 Å². The van der Waals surface area contributed by atoms with Gasteiger partial charge in [0.05, 0.1) is 49.8 Å². The van der Waals surface area contributed by atoms with E-state index in [4.69, 9.17) is 37.9 Å². The first-order chi connectivity index (χ1) is 35.9. The first-order valence-electron chi connectivity index (χ1n) is 27.8. The third kappa shape index (κ3) is 10.8. The van der Waals surface area contributed by atoms with Gasteiger partial charge in [0.2, 0.25) is 0 Å². The molecule has 0 spiro atoms. The molecule has 4 saturated heterocycles. The standard InChI is InChI=1S/C54H92O23/c1-22(2)11-10-14-54(9,77-48-43(69)39(65)36(62)29(74-48)21-70-46-41(67)38(64)34(60)27(19-55)72-46)24-12-15-53(8)32(24)25(57)17-31-51(6)18-26(58)45(50(4,5)30(51)13-16-52(31,53)7)76-49-44(40(66)35(61)28(20-56)73-49)75-47-42(68)37(63)33(59)23(3)71-47/h11,23-49,55-69H,10,12-21H2,1-9H3/t23-,24-,25+,26+,27+,28+,29+,30?,31?,32-,33-,34+,35+,36+,37+,38-,39-,40-,41+,42+,43+,44+,45-,46+,47-,48-,49-,51-,52+,53+,54-/m0/s1. The van der Waals surface area contributed by atoms with Crippen molar-refractivity contribution in [3.05, 3.63) is 11.6 Å². The van der Waals surface area contributed by atoms with Crippen LogP contribution in [0, 0.1) is 45.3 Å². The predicted molar refractivity (Wildman–Crippen MR) is 266 cm³/mol. The van der Waals surface area contributed by atoms with Gasteiger partial charge in [-0.25, -0.2) is 0 Å². The van der Waals surface area contributed by atoms with Gasteiger partial charge in [-0.1, -0.05) is 46.3 Å². The average molecular weight is 1110 g/mol. The average Bonchev–Trinajstić information content (AvgIpc) is 4.04. The van der Waals surface area contributed by atoms with Crippen molar-refractivity contribution in [1.82, 2.24) is 0 Å². The van der Waals surface area contributed by atoms with Gasteiger partial charge in [0.15, 0.2) is 25.2 Å². The smallest absolute Gasteiger partial charge is 0.187 e. The Morgan fingerprint density at radius 3 is 1.75 bits per heavy atom. The number of allylic oxidation sites excluding steroid dienone is 2. The van der Waals surface area contributed by atoms with Crippen LogP contribution in [-0.4, -0.2) is 243 Å². The zero-order valence-corrected chi connectivity index (χ0v) is 45.9. The van der Waals surface area contributed by atoms with Crippen molar-refractivity contribution in [3.63, 3.8) is 0 Å². The van der Waals surface area contributed by atoms with Gasteiger partial charge in [0.25, 0.3) is 0 Å². The lowest BCUT2D eigenvalue weighted by Crippen LogP contribution is -2.70. The van der Waals surface area contributed by atoms with E-state index in [0.29, 0.717) is 38.5 Å². The number of aliphatic hydroxyl groups is 15. The van der Waals surface area contributed by atoms with Gasteiger partial charge in [0, 0.05) is 0 Å². The Morgan fingerprint density at radius 1 is 0.584 bits per heavy atom. The molecule has 8 fully saturated rings. The number of hydrogen-bond donors (Lipinski definition) is 15. The van der Waals surface area contributed by atoms with E-state index in [0.717, 1.165) is 12.0 Å². The van der Waals surface area contributed by atoms with Crippen LogP contribution in [0.25, 0.3) is 0 Å². The van der Waals surface area contributed by atoms with Crippen molar-refractivity contribution in [1.29, 1.82) is 0 Å². The molecular formula is C54H92O23. The molecule has 0 aromatic rings. The fraction of sp³-hybridized carbons (Fsp3) is 0.963. The molecule has 15 N–H and O–H groups in total. The summed E-state index contributed by atoms with van der Waals surface area (Å²) in [6.07, 6.45) is -27.8. The zero-order chi connectivity index (χ0) is 56.8. The second kappa shape index (κ2) is 23.1. The molecule has 23 heteroatoms. The van der Waals surface area contributed by atoms with Gasteiger partial charge < -0.3 is 114 Å². The van der Waals surface area contributed by atoms with Crippen molar-refractivity contribution in [3.8, 4) is 0 Å². The van der Waals surface area contributed by atoms with Crippen LogP contribution in [-0.2, 0) is 37.9 Å². The molecule has 31 atom stereocenters. The summed E-state index contributed by atoms with van der Waals surface area (Å²) >= 11 is 0. The van der Waals surface area contributed by atoms with E-state index in [1.54, 1.807) is 0 Å². The molecule has 4 saturated carbocycles. The van der Waals surface area contributed by atoms with E-state index in [9.17, 15) is 76.6 Å². The molecule has 77 heavy (non-hydrogen) atoms. The fourth-order valence-corrected chi connectivity index (χ4v) is 16.4. The third-order valence-corrected chi connectivity index (χ3v) is 20.8. The Hall–Kier alpha value is -1.18. The van der Waals surface area contributed by atoms with Crippen molar-refractivity contribution in [2.24, 2.45) is 45.3 Å². The number of ether oxygens (including phenoxy) is 8.